The lowest BCUT2D eigenvalue weighted by Crippen LogP contribution is -2.49. The molecule has 0 unspecified atom stereocenters. The van der Waals surface area contributed by atoms with E-state index in [1.54, 1.807) is 16.7 Å². The van der Waals surface area contributed by atoms with Crippen molar-refractivity contribution in [3.63, 3.8) is 0 Å². The summed E-state index contributed by atoms with van der Waals surface area (Å²) in [7, 11) is 0. The lowest BCUT2D eigenvalue weighted by atomic mass is 9.89. The van der Waals surface area contributed by atoms with Gasteiger partial charge in [0.1, 0.15) is 29.3 Å². The van der Waals surface area contributed by atoms with Gasteiger partial charge in [-0.3, -0.25) is 14.2 Å². The number of rotatable bonds is 3. The van der Waals surface area contributed by atoms with Crippen LogP contribution in [-0.2, 0) is 12.2 Å². The third kappa shape index (κ3) is 2.61. The van der Waals surface area contributed by atoms with Crippen LogP contribution in [0.4, 0.5) is 11.6 Å². The van der Waals surface area contributed by atoms with Gasteiger partial charge >= 0.3 is 0 Å². The fraction of sp³-hybridized carbons (Fsp3) is 0.444. The Balaban J connectivity index is 1.72. The van der Waals surface area contributed by atoms with Crippen LogP contribution in [0.1, 0.15) is 53.7 Å². The van der Waals surface area contributed by atoms with Gasteiger partial charge in [-0.05, 0) is 44.2 Å². The zero-order chi connectivity index (χ0) is 18.3. The van der Waals surface area contributed by atoms with Crippen LogP contribution in [0.3, 0.4) is 0 Å². The third-order valence-electron chi connectivity index (χ3n) is 5.28. The Morgan fingerprint density at radius 1 is 1.23 bits per heavy atom. The fourth-order valence-electron chi connectivity index (χ4n) is 4.10. The number of nitrogens with zero attached hydrogens (tertiary/aromatic N) is 3. The Kier molecular flexibility index (Phi) is 3.90. The van der Waals surface area contributed by atoms with Crippen LogP contribution in [0.25, 0.3) is 0 Å². The smallest absolute Gasteiger partial charge is 0.270 e. The standard InChI is InChI=1S/C18H22N6O2/c1-11-7-12(9-20-14-8-13(19)21-10-22-14)17(26)24-15(11)16(25)23-18(24)5-3-2-4-6-18/h7-8,10H,2-6,9H2,1H3,(H,23,25)(H3,19,20,21,22). The van der Waals surface area contributed by atoms with Gasteiger partial charge in [-0.2, -0.15) is 0 Å². The van der Waals surface area contributed by atoms with Gasteiger partial charge in [0.25, 0.3) is 11.5 Å². The predicted molar refractivity (Wildman–Crippen MR) is 97.7 cm³/mol. The van der Waals surface area contributed by atoms with E-state index >= 15 is 0 Å². The second-order valence-corrected chi connectivity index (χ2v) is 7.07. The van der Waals surface area contributed by atoms with E-state index < -0.39 is 5.66 Å². The highest BCUT2D eigenvalue weighted by Gasteiger charge is 2.45. The number of nitrogens with two attached hydrogens (primary N) is 1. The minimum Gasteiger partial charge on any atom is -0.384 e. The third-order valence-corrected chi connectivity index (χ3v) is 5.28. The summed E-state index contributed by atoms with van der Waals surface area (Å²) >= 11 is 0. The number of carbonyl (C=O) groups excluding carboxylic acids is 1. The van der Waals surface area contributed by atoms with Gasteiger partial charge in [0.2, 0.25) is 0 Å². The second-order valence-electron chi connectivity index (χ2n) is 7.07. The molecule has 26 heavy (non-hydrogen) atoms. The Hall–Kier alpha value is -2.90. The maximum Gasteiger partial charge on any atom is 0.270 e. The summed E-state index contributed by atoms with van der Waals surface area (Å²) in [6.45, 7) is 2.18. The van der Waals surface area contributed by atoms with Gasteiger partial charge in [-0.15, -0.1) is 0 Å². The number of nitrogen functional groups attached to an aromatic ring is 1. The molecule has 1 spiro atoms. The van der Waals surface area contributed by atoms with E-state index in [1.165, 1.54) is 6.33 Å². The van der Waals surface area contributed by atoms with Crippen molar-refractivity contribution in [1.82, 2.24) is 19.9 Å². The average molecular weight is 354 g/mol. The highest BCUT2D eigenvalue weighted by Crippen LogP contribution is 2.36. The first kappa shape index (κ1) is 16.6. The zero-order valence-electron chi connectivity index (χ0n) is 14.7. The number of amides is 1. The first-order chi connectivity index (χ1) is 12.5. The molecule has 1 aliphatic carbocycles. The van der Waals surface area contributed by atoms with E-state index in [0.29, 0.717) is 29.4 Å². The van der Waals surface area contributed by atoms with Gasteiger partial charge < -0.3 is 16.4 Å². The summed E-state index contributed by atoms with van der Waals surface area (Å²) in [5.74, 6) is 0.770. The fourth-order valence-corrected chi connectivity index (χ4v) is 4.10. The molecule has 8 nitrogen and oxygen atoms in total. The maximum absolute atomic E-state index is 13.2. The number of pyridine rings is 1. The molecule has 1 aliphatic heterocycles. The largest absolute Gasteiger partial charge is 0.384 e. The highest BCUT2D eigenvalue weighted by atomic mass is 16.2. The van der Waals surface area contributed by atoms with Crippen LogP contribution >= 0.6 is 0 Å². The van der Waals surface area contributed by atoms with Crippen molar-refractivity contribution in [3.05, 3.63) is 45.6 Å². The van der Waals surface area contributed by atoms with Gasteiger partial charge in [-0.25, -0.2) is 9.97 Å². The molecule has 0 atom stereocenters. The normalized spacial score (nSPS) is 17.8. The number of nitrogens with one attached hydrogen (secondary N) is 2. The Labute approximate surface area is 150 Å². The predicted octanol–water partition coefficient (Wildman–Crippen LogP) is 1.50. The molecule has 1 fully saturated rings. The number of hydrogen-bond donors (Lipinski definition) is 3. The van der Waals surface area contributed by atoms with Crippen molar-refractivity contribution >= 4 is 17.5 Å². The Morgan fingerprint density at radius 3 is 2.73 bits per heavy atom. The number of anilines is 2. The SMILES string of the molecule is Cc1cc(CNc2cc(N)ncn2)c(=O)n2c1C(=O)NC21CCCCC1. The van der Waals surface area contributed by atoms with E-state index in [9.17, 15) is 9.59 Å². The van der Waals surface area contributed by atoms with Gasteiger partial charge in [0, 0.05) is 18.2 Å². The Bertz CT molecular complexity index is 930. The molecule has 2 aromatic rings. The molecule has 4 N–H and O–H groups in total. The summed E-state index contributed by atoms with van der Waals surface area (Å²) in [5, 5.41) is 6.21. The molecule has 1 saturated carbocycles. The van der Waals surface area contributed by atoms with Crippen molar-refractivity contribution in [2.24, 2.45) is 0 Å². The molecule has 2 aliphatic rings. The van der Waals surface area contributed by atoms with Crippen LogP contribution < -0.4 is 21.9 Å². The van der Waals surface area contributed by atoms with Crippen molar-refractivity contribution < 1.29 is 4.79 Å². The summed E-state index contributed by atoms with van der Waals surface area (Å²) < 4.78 is 1.70. The van der Waals surface area contributed by atoms with Crippen molar-refractivity contribution in [1.29, 1.82) is 0 Å². The van der Waals surface area contributed by atoms with Crippen molar-refractivity contribution in [2.75, 3.05) is 11.1 Å². The molecular formula is C18H22N6O2. The quantitative estimate of drug-likeness (QED) is 0.769. The first-order valence-electron chi connectivity index (χ1n) is 8.90. The van der Waals surface area contributed by atoms with E-state index in [0.717, 1.165) is 37.7 Å². The van der Waals surface area contributed by atoms with Crippen LogP contribution in [0.15, 0.2) is 23.3 Å². The van der Waals surface area contributed by atoms with Crippen LogP contribution in [0.2, 0.25) is 0 Å². The van der Waals surface area contributed by atoms with Gasteiger partial charge in [0.15, 0.2) is 0 Å². The monoisotopic (exact) mass is 354 g/mol. The highest BCUT2D eigenvalue weighted by molar-refractivity contribution is 5.96. The van der Waals surface area contributed by atoms with E-state index in [4.69, 9.17) is 5.73 Å². The zero-order valence-corrected chi connectivity index (χ0v) is 14.7. The Morgan fingerprint density at radius 2 is 2.00 bits per heavy atom. The van der Waals surface area contributed by atoms with E-state index in [2.05, 4.69) is 20.6 Å². The summed E-state index contributed by atoms with van der Waals surface area (Å²) in [6, 6.07) is 3.40. The molecule has 4 rings (SSSR count). The minimum atomic E-state index is -0.568. The maximum atomic E-state index is 13.2. The summed E-state index contributed by atoms with van der Waals surface area (Å²) in [5.41, 5.74) is 6.87. The number of aryl methyl sites for hydroxylation is 1. The molecule has 0 radical (unpaired) electrons. The van der Waals surface area contributed by atoms with Crippen molar-refractivity contribution in [3.8, 4) is 0 Å². The summed E-state index contributed by atoms with van der Waals surface area (Å²) in [4.78, 5) is 33.7. The topological polar surface area (TPSA) is 115 Å². The molecule has 3 heterocycles. The molecule has 0 aromatic carbocycles. The number of fused-ring (bicyclic) bond motifs is 2. The minimum absolute atomic E-state index is 0.125. The molecule has 136 valence electrons. The first-order valence-corrected chi connectivity index (χ1v) is 8.90. The lowest BCUT2D eigenvalue weighted by Gasteiger charge is -2.35. The molecule has 8 heteroatoms. The van der Waals surface area contributed by atoms with Crippen LogP contribution in [0, 0.1) is 6.92 Å². The molecule has 2 aromatic heterocycles. The van der Waals surface area contributed by atoms with Crippen LogP contribution in [0.5, 0.6) is 0 Å². The molecule has 0 bridgehead atoms. The summed E-state index contributed by atoms with van der Waals surface area (Å²) in [6.07, 6.45) is 6.12. The average Bonchev–Trinajstić information content (AvgIpc) is 2.90. The van der Waals surface area contributed by atoms with Crippen LogP contribution in [-0.4, -0.2) is 20.4 Å². The van der Waals surface area contributed by atoms with Gasteiger partial charge in [-0.1, -0.05) is 6.42 Å². The van der Waals surface area contributed by atoms with E-state index in [-0.39, 0.29) is 11.5 Å². The molecule has 0 saturated heterocycles. The number of carbonyl (C=O) groups is 1. The molecular weight excluding hydrogens is 332 g/mol. The number of aromatic nitrogens is 3. The lowest BCUT2D eigenvalue weighted by molar-refractivity contribution is 0.0876. The number of hydrogen-bond acceptors (Lipinski definition) is 6. The second kappa shape index (κ2) is 6.12. The van der Waals surface area contributed by atoms with E-state index in [1.807, 2.05) is 6.92 Å². The molecule has 1 amide bonds. The van der Waals surface area contributed by atoms with Gasteiger partial charge in [0.05, 0.1) is 0 Å². The van der Waals surface area contributed by atoms with Crippen molar-refractivity contribution in [2.45, 2.75) is 51.2 Å².